The summed E-state index contributed by atoms with van der Waals surface area (Å²) in [5.41, 5.74) is -14.8. The predicted molar refractivity (Wildman–Crippen MR) is 176 cm³/mol. The van der Waals surface area contributed by atoms with Crippen molar-refractivity contribution >= 4 is 35.8 Å². The van der Waals surface area contributed by atoms with Gasteiger partial charge in [-0.2, -0.15) is 0 Å². The van der Waals surface area contributed by atoms with Gasteiger partial charge in [0.2, 0.25) is 5.60 Å². The fraction of sp³-hybridized carbons (Fsp3) is 0.737. The number of carbonyl (C=O) groups excluding carboxylic acids is 6. The minimum atomic E-state index is -2.71. The lowest BCUT2D eigenvalue weighted by Gasteiger charge is -2.77. The summed E-state index contributed by atoms with van der Waals surface area (Å²) in [6.45, 7) is 10.00. The topological polar surface area (TPSA) is 230 Å². The molecule has 0 radical (unpaired) electrons. The number of hydrogen-bond acceptors (Lipinski definition) is 17. The van der Waals surface area contributed by atoms with Crippen LogP contribution in [-0.2, 0) is 66.7 Å². The molecule has 2 spiro atoms. The van der Waals surface area contributed by atoms with Gasteiger partial charge >= 0.3 is 35.8 Å². The van der Waals surface area contributed by atoms with Crippen LogP contribution in [0.25, 0.3) is 0 Å². The second kappa shape index (κ2) is 11.3. The van der Waals surface area contributed by atoms with Crippen LogP contribution in [0.2, 0.25) is 0 Å². The number of rotatable bonds is 8. The molecule has 17 heteroatoms. The normalized spacial score (nSPS) is 48.5. The Morgan fingerprint density at radius 3 is 2.13 bits per heavy atom. The molecule has 4 saturated carbocycles. The van der Waals surface area contributed by atoms with E-state index in [0.29, 0.717) is 5.56 Å². The van der Waals surface area contributed by atoms with Crippen LogP contribution in [-0.4, -0.2) is 105 Å². The van der Waals surface area contributed by atoms with Gasteiger partial charge in [-0.3, -0.25) is 28.8 Å². The Kier molecular flexibility index (Phi) is 7.77. The van der Waals surface area contributed by atoms with E-state index in [1.165, 1.54) is 19.5 Å². The molecule has 0 amide bonds. The molecule has 4 aliphatic carbocycles. The zero-order valence-corrected chi connectivity index (χ0v) is 31.8. The van der Waals surface area contributed by atoms with Crippen LogP contribution in [0.15, 0.2) is 23.0 Å². The number of aliphatic hydroxyl groups is 2. The average molecular weight is 775 g/mol. The Bertz CT molecular complexity index is 1900. The van der Waals surface area contributed by atoms with Crippen LogP contribution >= 0.6 is 0 Å². The van der Waals surface area contributed by atoms with E-state index in [2.05, 4.69) is 0 Å². The highest BCUT2D eigenvalue weighted by Gasteiger charge is 3.05. The monoisotopic (exact) mass is 774 g/mol. The van der Waals surface area contributed by atoms with E-state index in [9.17, 15) is 39.0 Å². The van der Waals surface area contributed by atoms with Gasteiger partial charge in [0, 0.05) is 64.4 Å². The third kappa shape index (κ3) is 4.02. The van der Waals surface area contributed by atoms with E-state index in [4.69, 9.17) is 42.3 Å². The van der Waals surface area contributed by atoms with Crippen molar-refractivity contribution in [2.45, 2.75) is 140 Å². The average Bonchev–Trinajstić information content (AvgIpc) is 3.88. The third-order valence-electron chi connectivity index (χ3n) is 14.5. The molecule has 17 nitrogen and oxygen atoms in total. The Morgan fingerprint density at radius 1 is 0.909 bits per heavy atom. The molecule has 7 fully saturated rings. The van der Waals surface area contributed by atoms with Crippen molar-refractivity contribution in [1.29, 1.82) is 0 Å². The maximum atomic E-state index is 14.5. The van der Waals surface area contributed by atoms with Crippen LogP contribution in [0.4, 0.5) is 0 Å². The molecule has 0 aromatic carbocycles. The Hall–Kier alpha value is -4.06. The van der Waals surface area contributed by atoms with E-state index in [-0.39, 0.29) is 19.3 Å². The maximum absolute atomic E-state index is 14.5. The summed E-state index contributed by atoms with van der Waals surface area (Å²) in [5, 5.41) is 28.2. The minimum absolute atomic E-state index is 0.0659. The predicted octanol–water partition coefficient (Wildman–Crippen LogP) is 1.73. The molecule has 3 saturated heterocycles. The molecule has 300 valence electrons. The lowest BCUT2D eigenvalue weighted by molar-refractivity contribution is -0.449. The highest BCUT2D eigenvalue weighted by molar-refractivity contribution is 5.75. The molecule has 55 heavy (non-hydrogen) atoms. The number of ether oxygens (including phenoxy) is 8. The molecule has 15 atom stereocenters. The lowest BCUT2D eigenvalue weighted by Crippen LogP contribution is -2.98. The van der Waals surface area contributed by atoms with Gasteiger partial charge in [0.15, 0.2) is 24.1 Å². The van der Waals surface area contributed by atoms with Crippen molar-refractivity contribution in [2.75, 3.05) is 6.61 Å². The van der Waals surface area contributed by atoms with E-state index < -0.39 is 136 Å². The minimum Gasteiger partial charge on any atom is -0.472 e. The van der Waals surface area contributed by atoms with Crippen molar-refractivity contribution in [3.63, 3.8) is 0 Å². The third-order valence-corrected chi connectivity index (χ3v) is 14.5. The summed E-state index contributed by atoms with van der Waals surface area (Å²) >= 11 is 0. The van der Waals surface area contributed by atoms with Gasteiger partial charge in [-0.1, -0.05) is 20.8 Å². The second-order valence-electron chi connectivity index (χ2n) is 17.0. The zero-order chi connectivity index (χ0) is 40.1. The Labute approximate surface area is 315 Å². The summed E-state index contributed by atoms with van der Waals surface area (Å²) in [6.07, 6.45) is -6.20. The fourth-order valence-electron chi connectivity index (χ4n) is 13.2. The summed E-state index contributed by atoms with van der Waals surface area (Å²) < 4.78 is 56.3. The number of fused-ring (bicyclic) bond motifs is 4. The highest BCUT2D eigenvalue weighted by Crippen LogP contribution is 2.88. The second-order valence-corrected chi connectivity index (χ2v) is 17.0. The standard InChI is InChI=1S/C38H46O17/c1-9-33-13-24-32(8,26(49-17(2)39)22-10-11-47-14-22)27(50-18(3)40)28(51-19(4)41)38(46)34-16-48-25(44)12-23(34)31(7)15-35(34,45)37(53-21(6)43,29(31)52-20(5)42)30(54-33)36(24,38)55-33/h10-11,14,23-24,26-30,45-46H,9,12-13,15-16H2,1-8H3/t23-,24+,26-,27-,28+,29-,30-,31-,32+,33?,34+,35+,36+,37-,38-/m0/s1. The van der Waals surface area contributed by atoms with Gasteiger partial charge in [0.1, 0.15) is 35.6 Å². The number of hydrogen-bond donors (Lipinski definition) is 2. The van der Waals surface area contributed by atoms with Gasteiger partial charge in [-0.05, 0) is 24.8 Å². The maximum Gasteiger partial charge on any atom is 0.306 e. The molecule has 1 aromatic rings. The smallest absolute Gasteiger partial charge is 0.306 e. The van der Waals surface area contributed by atoms with E-state index in [1.54, 1.807) is 26.8 Å². The fourth-order valence-corrected chi connectivity index (χ4v) is 13.2. The molecule has 8 rings (SSSR count). The Morgan fingerprint density at radius 2 is 1.56 bits per heavy atom. The van der Waals surface area contributed by atoms with Crippen molar-refractivity contribution in [1.82, 2.24) is 0 Å². The van der Waals surface area contributed by atoms with E-state index in [0.717, 1.165) is 27.7 Å². The van der Waals surface area contributed by atoms with Crippen LogP contribution in [0.5, 0.6) is 0 Å². The van der Waals surface area contributed by atoms with Crippen molar-refractivity contribution in [3.05, 3.63) is 24.2 Å². The van der Waals surface area contributed by atoms with Gasteiger partial charge in [0.25, 0.3) is 0 Å². The number of cyclic esters (lactones) is 1. The first-order valence-corrected chi connectivity index (χ1v) is 18.5. The van der Waals surface area contributed by atoms with E-state index >= 15 is 0 Å². The molecule has 3 aliphatic heterocycles. The van der Waals surface area contributed by atoms with E-state index in [1.807, 2.05) is 0 Å². The molecular weight excluding hydrogens is 728 g/mol. The number of furan rings is 1. The number of carbonyl (C=O) groups is 6. The molecule has 1 unspecified atom stereocenters. The quantitative estimate of drug-likeness (QED) is 0.283. The summed E-state index contributed by atoms with van der Waals surface area (Å²) in [7, 11) is 0. The van der Waals surface area contributed by atoms with Crippen molar-refractivity contribution < 1.29 is 81.3 Å². The first-order valence-electron chi connectivity index (χ1n) is 18.5. The first kappa shape index (κ1) is 37.8. The van der Waals surface area contributed by atoms with Crippen LogP contribution in [0.1, 0.15) is 92.7 Å². The van der Waals surface area contributed by atoms with Crippen molar-refractivity contribution in [3.8, 4) is 0 Å². The Balaban J connectivity index is 1.55. The van der Waals surface area contributed by atoms with Gasteiger partial charge in [-0.25, -0.2) is 0 Å². The molecule has 2 N–H and O–H groups in total. The van der Waals surface area contributed by atoms with Crippen LogP contribution < -0.4 is 0 Å². The summed E-state index contributed by atoms with van der Waals surface area (Å²) in [4.78, 5) is 79.7. The first-order chi connectivity index (χ1) is 25.6. The van der Waals surface area contributed by atoms with Gasteiger partial charge < -0.3 is 52.5 Å². The van der Waals surface area contributed by atoms with Crippen molar-refractivity contribution in [2.24, 2.45) is 28.1 Å². The SMILES string of the molecule is CCC12C[C@@H]3[C@](C)([C@@H](OC(C)=O)c4ccoc4)[C@@H](OC(C)=O)[C@@H](OC(C)=O)[C@@]4(O)[C@]3(O1)[C@H](O2)[C@@]1(OC(C)=O)[C@@H](OC(C)=O)[C@@]2(C)C[C@@]1(O)[C@]41COC(=O)C[C@@H]21. The summed E-state index contributed by atoms with van der Waals surface area (Å²) in [6, 6.07) is 1.54. The number of esters is 6. The summed E-state index contributed by atoms with van der Waals surface area (Å²) in [5.74, 6) is -8.84. The van der Waals surface area contributed by atoms with Gasteiger partial charge in [0.05, 0.1) is 23.4 Å². The largest absolute Gasteiger partial charge is 0.472 e. The molecule has 1 aromatic heterocycles. The highest BCUT2D eigenvalue weighted by atomic mass is 16.8. The molecule has 4 bridgehead atoms. The zero-order valence-electron chi connectivity index (χ0n) is 31.8. The van der Waals surface area contributed by atoms with Gasteiger partial charge in [-0.15, -0.1) is 0 Å². The lowest BCUT2D eigenvalue weighted by atomic mass is 9.32. The molecule has 7 aliphatic rings. The van der Waals surface area contributed by atoms with Crippen LogP contribution in [0.3, 0.4) is 0 Å². The van der Waals surface area contributed by atoms with Crippen LogP contribution in [0, 0.1) is 28.1 Å². The molecular formula is C38H46O17. The molecule has 4 heterocycles.